The molecule has 4 heterocycles. The molecular weight excluding hydrogens is 867 g/mol. The predicted molar refractivity (Wildman–Crippen MR) is 254 cm³/mol. The Hall–Kier alpha value is -1.35. The lowest BCUT2D eigenvalue weighted by Gasteiger charge is -2.26. The number of nitrogens with one attached hydrogen (secondary N) is 1. The first-order valence-corrected chi connectivity index (χ1v) is 25.8. The number of allylic oxidation sites excluding steroid dienone is 2. The van der Waals surface area contributed by atoms with E-state index in [0.717, 1.165) is 32.1 Å². The summed E-state index contributed by atoms with van der Waals surface area (Å²) in [6.07, 6.45) is 19.0. The Kier molecular flexibility index (Phi) is 27.1. The summed E-state index contributed by atoms with van der Waals surface area (Å²) < 4.78 is 84.2. The number of unbranched alkanes of at least 4 members (excludes halogenated alkanes) is 11. The van der Waals surface area contributed by atoms with Crippen LogP contribution in [0.15, 0.2) is 12.2 Å². The Labute approximate surface area is 404 Å². The van der Waals surface area contributed by atoms with Crippen LogP contribution in [-0.2, 0) is 71.1 Å². The number of hydrogen-bond acceptors (Lipinski definition) is 15. The number of ether oxygens (including phenoxy) is 14. The number of carbonyl (C=O) groups excluding carboxylic acids is 1. The molecule has 4 atom stereocenters. The lowest BCUT2D eigenvalue weighted by atomic mass is 10.1. The van der Waals surface area contributed by atoms with Crippen LogP contribution in [0, 0.1) is 0 Å². The van der Waals surface area contributed by atoms with E-state index >= 15 is 0 Å². The van der Waals surface area contributed by atoms with Crippen molar-refractivity contribution in [1.29, 1.82) is 0 Å². The highest BCUT2D eigenvalue weighted by Crippen LogP contribution is 2.25. The fraction of sp³-hybridized carbons (Fsp3) is 0.941. The summed E-state index contributed by atoms with van der Waals surface area (Å²) in [7, 11) is 0. The van der Waals surface area contributed by atoms with Crippen molar-refractivity contribution in [2.24, 2.45) is 0 Å². The fourth-order valence-electron chi connectivity index (χ4n) is 8.29. The molecule has 4 unspecified atom stereocenters. The van der Waals surface area contributed by atoms with Crippen LogP contribution in [0.4, 0.5) is 0 Å². The molecule has 16 nitrogen and oxygen atoms in total. The molecule has 4 fully saturated rings. The summed E-state index contributed by atoms with van der Waals surface area (Å²) in [6, 6.07) is -0.486. The quantitative estimate of drug-likeness (QED) is 0.0469. The first kappa shape index (κ1) is 58.2. The maximum atomic E-state index is 13.5. The van der Waals surface area contributed by atoms with Crippen molar-refractivity contribution < 1.29 is 71.1 Å². The highest BCUT2D eigenvalue weighted by molar-refractivity contribution is 5.76. The van der Waals surface area contributed by atoms with Gasteiger partial charge in [0.1, 0.15) is 36.6 Å². The summed E-state index contributed by atoms with van der Waals surface area (Å²) in [5.41, 5.74) is 0. The summed E-state index contributed by atoms with van der Waals surface area (Å²) in [5, 5.41) is 3.21. The van der Waals surface area contributed by atoms with Crippen molar-refractivity contribution in [2.45, 2.75) is 218 Å². The highest BCUT2D eigenvalue weighted by atomic mass is 16.8. The molecule has 4 aliphatic heterocycles. The second-order valence-electron chi connectivity index (χ2n) is 20.5. The van der Waals surface area contributed by atoms with Gasteiger partial charge in [-0.05, 0) is 87.5 Å². The highest BCUT2D eigenvalue weighted by Gasteiger charge is 2.36. The molecule has 0 aliphatic carbocycles. The van der Waals surface area contributed by atoms with E-state index in [-0.39, 0.29) is 70.0 Å². The lowest BCUT2D eigenvalue weighted by molar-refractivity contribution is -0.154. The summed E-state index contributed by atoms with van der Waals surface area (Å²) in [4.78, 5) is 13.5. The van der Waals surface area contributed by atoms with Crippen molar-refractivity contribution in [2.75, 3.05) is 92.5 Å². The minimum absolute atomic E-state index is 0.0492. The van der Waals surface area contributed by atoms with Gasteiger partial charge in [-0.1, -0.05) is 70.4 Å². The van der Waals surface area contributed by atoms with Gasteiger partial charge in [-0.2, -0.15) is 0 Å². The molecule has 0 aromatic heterocycles. The zero-order chi connectivity index (χ0) is 48.4. The molecule has 4 aliphatic rings. The maximum absolute atomic E-state index is 13.5. The van der Waals surface area contributed by atoms with Gasteiger partial charge in [-0.25, -0.2) is 0 Å². The summed E-state index contributed by atoms with van der Waals surface area (Å²) >= 11 is 0. The Balaban J connectivity index is 1.30. The van der Waals surface area contributed by atoms with Crippen LogP contribution in [0.25, 0.3) is 0 Å². The predicted octanol–water partition coefficient (Wildman–Crippen LogP) is 7.95. The Bertz CT molecular complexity index is 1210. The second kappa shape index (κ2) is 31.2. The van der Waals surface area contributed by atoms with Gasteiger partial charge >= 0.3 is 0 Å². The largest absolute Gasteiger partial charge is 0.376 e. The molecule has 16 heteroatoms. The minimum atomic E-state index is -0.654. The van der Waals surface area contributed by atoms with E-state index in [9.17, 15) is 4.79 Å². The molecule has 67 heavy (non-hydrogen) atoms. The van der Waals surface area contributed by atoms with Gasteiger partial charge < -0.3 is 71.6 Å². The summed E-state index contributed by atoms with van der Waals surface area (Å²) in [5.74, 6) is -2.67. The molecule has 392 valence electrons. The van der Waals surface area contributed by atoms with Crippen LogP contribution in [0.5, 0.6) is 0 Å². The number of rotatable bonds is 38. The van der Waals surface area contributed by atoms with Crippen LogP contribution in [0.3, 0.4) is 0 Å². The Morgan fingerprint density at radius 2 is 0.821 bits per heavy atom. The van der Waals surface area contributed by atoms with E-state index in [1.807, 2.05) is 55.4 Å². The van der Waals surface area contributed by atoms with E-state index in [4.69, 9.17) is 66.3 Å². The minimum Gasteiger partial charge on any atom is -0.376 e. The average Bonchev–Trinajstić information content (AvgIpc) is 4.02. The summed E-state index contributed by atoms with van der Waals surface area (Å²) in [6.45, 7) is 21.7. The van der Waals surface area contributed by atoms with E-state index in [1.54, 1.807) is 0 Å². The van der Waals surface area contributed by atoms with Crippen molar-refractivity contribution in [3.63, 3.8) is 0 Å². The van der Waals surface area contributed by atoms with Gasteiger partial charge in [-0.15, -0.1) is 0 Å². The molecule has 0 radical (unpaired) electrons. The third-order valence-electron chi connectivity index (χ3n) is 11.8. The van der Waals surface area contributed by atoms with Crippen molar-refractivity contribution in [1.82, 2.24) is 5.32 Å². The van der Waals surface area contributed by atoms with Crippen LogP contribution >= 0.6 is 0 Å². The SMILES string of the molecule is CCCCCCCC/C=C\CCCCCCCC(=O)NC(COC(COCC1COC(C)(C)O1)COCC1COC(C)(C)O1)COC(COCC1COC(C)(C)O1)COCC1COC(C)(C)O1. The molecule has 0 aromatic rings. The van der Waals surface area contributed by atoms with Gasteiger partial charge in [-0.3, -0.25) is 4.79 Å². The van der Waals surface area contributed by atoms with Gasteiger partial charge in [0.15, 0.2) is 23.1 Å². The normalized spacial score (nSPS) is 25.6. The van der Waals surface area contributed by atoms with E-state index in [1.165, 1.54) is 51.4 Å². The smallest absolute Gasteiger partial charge is 0.220 e. The molecule has 1 N–H and O–H groups in total. The van der Waals surface area contributed by atoms with Crippen molar-refractivity contribution >= 4 is 5.91 Å². The monoisotopic (exact) mass is 960 g/mol. The van der Waals surface area contributed by atoms with Gasteiger partial charge in [0.2, 0.25) is 5.91 Å². The van der Waals surface area contributed by atoms with Crippen LogP contribution < -0.4 is 5.32 Å². The first-order valence-electron chi connectivity index (χ1n) is 25.8. The molecule has 1 amide bonds. The topological polar surface area (TPSA) is 158 Å². The number of carbonyl (C=O) groups is 1. The second-order valence-corrected chi connectivity index (χ2v) is 20.5. The third kappa shape index (κ3) is 26.6. The van der Waals surface area contributed by atoms with Crippen molar-refractivity contribution in [3.05, 3.63) is 12.2 Å². The fourth-order valence-corrected chi connectivity index (χ4v) is 8.29. The Morgan fingerprint density at radius 3 is 1.15 bits per heavy atom. The zero-order valence-electron chi connectivity index (χ0n) is 43.1. The maximum Gasteiger partial charge on any atom is 0.220 e. The molecule has 0 spiro atoms. The molecule has 4 rings (SSSR count). The molecule has 0 saturated carbocycles. The van der Waals surface area contributed by atoms with E-state index in [0.29, 0.717) is 59.3 Å². The standard InChI is InChI=1S/C51H93NO15/c1-10-11-12-13-14-15-16-17-18-19-20-21-22-23-24-25-47(53)52-40(26-58-41(28-54-32-43-36-60-48(2,3)64-43)29-55-33-44-37-61-49(4,5)65-44)27-59-42(30-56-34-45-38-62-50(6,7)66-45)31-57-35-46-39-63-51(8,9)67-46/h17-18,40-46H,10-16,19-39H2,1-9H3,(H,52,53)/b18-17-. The van der Waals surface area contributed by atoms with Gasteiger partial charge in [0.05, 0.1) is 98.5 Å². The molecule has 0 aromatic carbocycles. The average molecular weight is 960 g/mol. The lowest BCUT2D eigenvalue weighted by Crippen LogP contribution is -2.45. The third-order valence-corrected chi connectivity index (χ3v) is 11.8. The van der Waals surface area contributed by atoms with Crippen LogP contribution in [-0.4, -0.2) is 164 Å². The van der Waals surface area contributed by atoms with Crippen LogP contribution in [0.1, 0.15) is 152 Å². The zero-order valence-corrected chi connectivity index (χ0v) is 43.1. The van der Waals surface area contributed by atoms with Gasteiger partial charge in [0, 0.05) is 6.42 Å². The first-order chi connectivity index (χ1) is 32.0. The number of hydrogen-bond donors (Lipinski definition) is 1. The molecule has 4 saturated heterocycles. The van der Waals surface area contributed by atoms with Gasteiger partial charge in [0.25, 0.3) is 0 Å². The molecular formula is C51H93NO15. The van der Waals surface area contributed by atoms with E-state index in [2.05, 4.69) is 24.4 Å². The van der Waals surface area contributed by atoms with Crippen LogP contribution in [0.2, 0.25) is 0 Å². The Morgan fingerprint density at radius 1 is 0.493 bits per heavy atom. The molecule has 0 bridgehead atoms. The van der Waals surface area contributed by atoms with Crippen molar-refractivity contribution in [3.8, 4) is 0 Å². The number of amides is 1. The van der Waals surface area contributed by atoms with E-state index < -0.39 is 41.4 Å².